The number of carbonyl (C=O) groups is 1. The van der Waals surface area contributed by atoms with Crippen LogP contribution in [0.3, 0.4) is 0 Å². The molecule has 0 bridgehead atoms. The number of amides is 1. The van der Waals surface area contributed by atoms with Crippen molar-refractivity contribution in [2.24, 2.45) is 0 Å². The number of hydrogen-bond acceptors (Lipinski definition) is 5. The molecule has 1 aromatic carbocycles. The van der Waals surface area contributed by atoms with Crippen LogP contribution in [0, 0.1) is 0 Å². The highest BCUT2D eigenvalue weighted by atomic mass is 16.5. The van der Waals surface area contributed by atoms with E-state index in [0.717, 1.165) is 5.56 Å². The predicted octanol–water partition coefficient (Wildman–Crippen LogP) is -0.965. The van der Waals surface area contributed by atoms with Gasteiger partial charge in [-0.2, -0.15) is 0 Å². The van der Waals surface area contributed by atoms with Crippen LogP contribution in [-0.2, 0) is 16.1 Å². The molecule has 0 saturated heterocycles. The monoisotopic (exact) mass is 269 g/mol. The summed E-state index contributed by atoms with van der Waals surface area (Å²) in [6.07, 6.45) is 0. The molecule has 0 aliphatic carbocycles. The summed E-state index contributed by atoms with van der Waals surface area (Å²) in [5, 5.41) is 29.5. The second kappa shape index (κ2) is 7.85. The molecule has 0 atom stereocenters. The lowest BCUT2D eigenvalue weighted by molar-refractivity contribution is -0.130. The van der Waals surface area contributed by atoms with Crippen molar-refractivity contribution >= 4 is 5.91 Å². The van der Waals surface area contributed by atoms with Gasteiger partial charge in [-0.3, -0.25) is 4.79 Å². The molecule has 1 rings (SSSR count). The summed E-state index contributed by atoms with van der Waals surface area (Å²) in [5.74, 6) is -0.506. The van der Waals surface area contributed by atoms with E-state index in [-0.39, 0.29) is 6.61 Å². The van der Waals surface area contributed by atoms with Crippen molar-refractivity contribution in [3.8, 4) is 0 Å². The van der Waals surface area contributed by atoms with Crippen LogP contribution in [0.2, 0.25) is 0 Å². The van der Waals surface area contributed by atoms with Gasteiger partial charge in [0.25, 0.3) is 0 Å². The standard InChI is InChI=1S/C13H19NO5/c15-8-13(9-16,10-17)14-12(18)7-19-6-11-4-2-1-3-5-11/h1-5,15-17H,6-10H2,(H,14,18). The van der Waals surface area contributed by atoms with Gasteiger partial charge in [-0.05, 0) is 5.56 Å². The molecule has 6 heteroatoms. The fourth-order valence-electron chi connectivity index (χ4n) is 1.44. The number of aliphatic hydroxyl groups excluding tert-OH is 3. The number of ether oxygens (including phenoxy) is 1. The Labute approximate surface area is 111 Å². The lowest BCUT2D eigenvalue weighted by Gasteiger charge is -2.28. The van der Waals surface area contributed by atoms with Crippen molar-refractivity contribution in [2.75, 3.05) is 26.4 Å². The molecule has 0 heterocycles. The third-order valence-electron chi connectivity index (χ3n) is 2.66. The molecule has 0 fully saturated rings. The molecule has 0 unspecified atom stereocenters. The van der Waals surface area contributed by atoms with Crippen LogP contribution < -0.4 is 5.32 Å². The number of aliphatic hydroxyl groups is 3. The average Bonchev–Trinajstić information content (AvgIpc) is 2.46. The fourth-order valence-corrected chi connectivity index (χ4v) is 1.44. The first-order chi connectivity index (χ1) is 9.15. The van der Waals surface area contributed by atoms with Crippen LogP contribution in [0.5, 0.6) is 0 Å². The van der Waals surface area contributed by atoms with Crippen molar-refractivity contribution in [3.63, 3.8) is 0 Å². The molecule has 4 N–H and O–H groups in total. The lowest BCUT2D eigenvalue weighted by atomic mass is 10.0. The van der Waals surface area contributed by atoms with Gasteiger partial charge in [0.15, 0.2) is 0 Å². The maximum absolute atomic E-state index is 11.6. The Morgan fingerprint density at radius 3 is 2.21 bits per heavy atom. The zero-order valence-corrected chi connectivity index (χ0v) is 10.6. The smallest absolute Gasteiger partial charge is 0.246 e. The molecule has 0 aliphatic heterocycles. The number of nitrogens with one attached hydrogen (secondary N) is 1. The molecule has 0 saturated carbocycles. The van der Waals surface area contributed by atoms with Gasteiger partial charge in [-0.15, -0.1) is 0 Å². The van der Waals surface area contributed by atoms with E-state index in [1.807, 2.05) is 30.3 Å². The molecular weight excluding hydrogens is 250 g/mol. The Balaban J connectivity index is 2.35. The number of hydrogen-bond donors (Lipinski definition) is 4. The summed E-state index contributed by atoms with van der Waals surface area (Å²) in [6, 6.07) is 9.36. The Hall–Kier alpha value is -1.47. The first-order valence-electron chi connectivity index (χ1n) is 5.91. The quantitative estimate of drug-likeness (QED) is 0.487. The van der Waals surface area contributed by atoms with Gasteiger partial charge in [-0.1, -0.05) is 30.3 Å². The molecule has 6 nitrogen and oxygen atoms in total. The Kier molecular flexibility index (Phi) is 6.44. The number of rotatable bonds is 8. The number of benzene rings is 1. The molecule has 0 spiro atoms. The normalized spacial score (nSPS) is 11.3. The minimum Gasteiger partial charge on any atom is -0.394 e. The van der Waals surface area contributed by atoms with Crippen LogP contribution in [0.1, 0.15) is 5.56 Å². The highest BCUT2D eigenvalue weighted by Gasteiger charge is 2.29. The van der Waals surface area contributed by atoms with Gasteiger partial charge in [0.1, 0.15) is 12.1 Å². The second-order valence-corrected chi connectivity index (χ2v) is 4.28. The van der Waals surface area contributed by atoms with E-state index in [0.29, 0.717) is 6.61 Å². The average molecular weight is 269 g/mol. The predicted molar refractivity (Wildman–Crippen MR) is 68.2 cm³/mol. The Morgan fingerprint density at radius 1 is 1.11 bits per heavy atom. The largest absolute Gasteiger partial charge is 0.394 e. The zero-order valence-electron chi connectivity index (χ0n) is 10.6. The maximum atomic E-state index is 11.6. The minimum atomic E-state index is -1.41. The zero-order chi connectivity index (χ0) is 14.1. The van der Waals surface area contributed by atoms with Crippen molar-refractivity contribution < 1.29 is 24.9 Å². The minimum absolute atomic E-state index is 0.212. The van der Waals surface area contributed by atoms with Crippen molar-refractivity contribution in [3.05, 3.63) is 35.9 Å². The van der Waals surface area contributed by atoms with Crippen LogP contribution in [0.25, 0.3) is 0 Å². The van der Waals surface area contributed by atoms with Crippen LogP contribution in [0.15, 0.2) is 30.3 Å². The summed E-state index contributed by atoms with van der Waals surface area (Å²) < 4.78 is 5.20. The molecule has 0 radical (unpaired) electrons. The SMILES string of the molecule is O=C(COCc1ccccc1)NC(CO)(CO)CO. The maximum Gasteiger partial charge on any atom is 0.246 e. The lowest BCUT2D eigenvalue weighted by Crippen LogP contribution is -2.57. The van der Waals surface area contributed by atoms with Gasteiger partial charge in [0.05, 0.1) is 26.4 Å². The van der Waals surface area contributed by atoms with Crippen molar-refractivity contribution in [1.29, 1.82) is 0 Å². The molecule has 0 aliphatic rings. The van der Waals surface area contributed by atoms with E-state index >= 15 is 0 Å². The third kappa shape index (κ3) is 4.96. The van der Waals surface area contributed by atoms with Gasteiger partial charge >= 0.3 is 0 Å². The number of carbonyl (C=O) groups excluding carboxylic acids is 1. The molecule has 19 heavy (non-hydrogen) atoms. The second-order valence-electron chi connectivity index (χ2n) is 4.28. The topological polar surface area (TPSA) is 99.0 Å². The van der Waals surface area contributed by atoms with E-state index < -0.39 is 31.3 Å². The van der Waals surface area contributed by atoms with E-state index in [1.165, 1.54) is 0 Å². The van der Waals surface area contributed by atoms with Crippen molar-refractivity contribution in [1.82, 2.24) is 5.32 Å². The summed E-state index contributed by atoms with van der Waals surface area (Å²) in [5.41, 5.74) is -0.472. The molecule has 0 aromatic heterocycles. The van der Waals surface area contributed by atoms with Gasteiger partial charge < -0.3 is 25.4 Å². The van der Waals surface area contributed by atoms with Crippen molar-refractivity contribution in [2.45, 2.75) is 12.1 Å². The van der Waals surface area contributed by atoms with Gasteiger partial charge in [0.2, 0.25) is 5.91 Å². The van der Waals surface area contributed by atoms with Crippen LogP contribution in [-0.4, -0.2) is 53.2 Å². The van der Waals surface area contributed by atoms with E-state index in [4.69, 9.17) is 20.1 Å². The summed E-state index contributed by atoms with van der Waals surface area (Å²) >= 11 is 0. The summed E-state index contributed by atoms with van der Waals surface area (Å²) in [4.78, 5) is 11.6. The first-order valence-corrected chi connectivity index (χ1v) is 5.91. The fraction of sp³-hybridized carbons (Fsp3) is 0.462. The van der Waals surface area contributed by atoms with Gasteiger partial charge in [-0.25, -0.2) is 0 Å². The Bertz CT molecular complexity index is 370. The first kappa shape index (κ1) is 15.6. The van der Waals surface area contributed by atoms with E-state index in [1.54, 1.807) is 0 Å². The third-order valence-corrected chi connectivity index (χ3v) is 2.66. The van der Waals surface area contributed by atoms with Crippen LogP contribution >= 0.6 is 0 Å². The Morgan fingerprint density at radius 2 is 1.68 bits per heavy atom. The van der Waals surface area contributed by atoms with Gasteiger partial charge in [0, 0.05) is 0 Å². The highest BCUT2D eigenvalue weighted by Crippen LogP contribution is 2.03. The summed E-state index contributed by atoms with van der Waals surface area (Å²) in [7, 11) is 0. The molecule has 1 aromatic rings. The molecule has 106 valence electrons. The molecular formula is C13H19NO5. The van der Waals surface area contributed by atoms with Crippen LogP contribution in [0.4, 0.5) is 0 Å². The summed E-state index contributed by atoms with van der Waals surface area (Å²) in [6.45, 7) is -1.57. The van der Waals surface area contributed by atoms with E-state index in [9.17, 15) is 4.79 Å². The highest BCUT2D eigenvalue weighted by molar-refractivity contribution is 5.78. The molecule has 1 amide bonds. The van der Waals surface area contributed by atoms with E-state index in [2.05, 4.69) is 5.32 Å².